The normalized spacial score (nSPS) is 11.8. The second-order valence-electron chi connectivity index (χ2n) is 2.16. The van der Waals surface area contributed by atoms with Gasteiger partial charge < -0.3 is 5.11 Å². The lowest BCUT2D eigenvalue weighted by atomic mass is 10.5. The summed E-state index contributed by atoms with van der Waals surface area (Å²) in [6.45, 7) is 1.81. The van der Waals surface area contributed by atoms with E-state index in [0.29, 0.717) is 12.8 Å². The van der Waals surface area contributed by atoms with Crippen LogP contribution < -0.4 is 0 Å². The fraction of sp³-hybridized carbons (Fsp3) is 1.00. The highest BCUT2D eigenvalue weighted by molar-refractivity contribution is 7.86. The average molecular weight is 182 g/mol. The molecule has 0 aliphatic carbocycles. The highest BCUT2D eigenvalue weighted by atomic mass is 32.2. The number of aliphatic hydroxyl groups excluding tert-OH is 1. The van der Waals surface area contributed by atoms with E-state index >= 15 is 0 Å². The van der Waals surface area contributed by atoms with Crippen molar-refractivity contribution in [3.63, 3.8) is 0 Å². The molecule has 1 N–H and O–H groups in total. The Kier molecular flexibility index (Phi) is 5.45. The van der Waals surface area contributed by atoms with E-state index in [1.165, 1.54) is 0 Å². The molecule has 0 aromatic rings. The lowest BCUT2D eigenvalue weighted by Gasteiger charge is -2.01. The lowest BCUT2D eigenvalue weighted by molar-refractivity contribution is 0.237. The van der Waals surface area contributed by atoms with Gasteiger partial charge in [-0.25, -0.2) is 0 Å². The zero-order valence-corrected chi connectivity index (χ0v) is 7.43. The van der Waals surface area contributed by atoms with Gasteiger partial charge in [-0.3, -0.25) is 4.18 Å². The van der Waals surface area contributed by atoms with Crippen LogP contribution in [0.5, 0.6) is 0 Å². The first-order valence-corrected chi connectivity index (χ1v) is 5.18. The van der Waals surface area contributed by atoms with Gasteiger partial charge in [-0.05, 0) is 12.8 Å². The van der Waals surface area contributed by atoms with Gasteiger partial charge in [-0.1, -0.05) is 6.92 Å². The zero-order valence-electron chi connectivity index (χ0n) is 6.62. The van der Waals surface area contributed by atoms with Gasteiger partial charge in [0.25, 0.3) is 10.1 Å². The van der Waals surface area contributed by atoms with Gasteiger partial charge >= 0.3 is 0 Å². The van der Waals surface area contributed by atoms with Gasteiger partial charge in [0, 0.05) is 6.61 Å². The molecule has 5 heteroatoms. The molecule has 0 saturated carbocycles. The Morgan fingerprint density at radius 2 is 2.09 bits per heavy atom. The molecule has 68 valence electrons. The number of aliphatic hydroxyl groups is 1. The summed E-state index contributed by atoms with van der Waals surface area (Å²) in [5.41, 5.74) is 0. The van der Waals surface area contributed by atoms with Crippen molar-refractivity contribution in [1.82, 2.24) is 0 Å². The van der Waals surface area contributed by atoms with E-state index in [9.17, 15) is 8.42 Å². The minimum Gasteiger partial charge on any atom is -0.396 e. The maximum absolute atomic E-state index is 10.8. The van der Waals surface area contributed by atoms with Crippen LogP contribution in [-0.2, 0) is 14.3 Å². The Morgan fingerprint density at radius 1 is 1.45 bits per heavy atom. The molecule has 0 aromatic carbocycles. The van der Waals surface area contributed by atoms with Crippen molar-refractivity contribution < 1.29 is 17.7 Å². The third kappa shape index (κ3) is 6.28. The van der Waals surface area contributed by atoms with E-state index < -0.39 is 10.1 Å². The average Bonchev–Trinajstić information content (AvgIpc) is 1.87. The van der Waals surface area contributed by atoms with Gasteiger partial charge in [-0.2, -0.15) is 8.42 Å². The van der Waals surface area contributed by atoms with E-state index in [1.807, 2.05) is 0 Å². The van der Waals surface area contributed by atoms with Crippen LogP contribution in [0.4, 0.5) is 0 Å². The summed E-state index contributed by atoms with van der Waals surface area (Å²) in [4.78, 5) is 0. The highest BCUT2D eigenvalue weighted by Gasteiger charge is 2.07. The van der Waals surface area contributed by atoms with Gasteiger partial charge in [-0.15, -0.1) is 0 Å². The molecule has 0 aliphatic heterocycles. The van der Waals surface area contributed by atoms with Crippen LogP contribution in [0, 0.1) is 0 Å². The first-order valence-electron chi connectivity index (χ1n) is 3.60. The second-order valence-corrected chi connectivity index (χ2v) is 3.92. The topological polar surface area (TPSA) is 63.6 Å². The van der Waals surface area contributed by atoms with Crippen LogP contribution in [-0.4, -0.2) is 32.5 Å². The summed E-state index contributed by atoms with van der Waals surface area (Å²) < 4.78 is 26.1. The van der Waals surface area contributed by atoms with Crippen LogP contribution in [0.25, 0.3) is 0 Å². The lowest BCUT2D eigenvalue weighted by Crippen LogP contribution is -2.11. The van der Waals surface area contributed by atoms with Crippen LogP contribution in [0.3, 0.4) is 0 Å². The Balaban J connectivity index is 3.56. The summed E-state index contributed by atoms with van der Waals surface area (Å²) in [7, 11) is -3.31. The van der Waals surface area contributed by atoms with E-state index in [0.717, 1.165) is 0 Å². The van der Waals surface area contributed by atoms with Crippen molar-refractivity contribution in [3.05, 3.63) is 0 Å². The molecular weight excluding hydrogens is 168 g/mol. The molecule has 4 nitrogen and oxygen atoms in total. The molecule has 0 saturated heterocycles. The first-order chi connectivity index (χ1) is 5.12. The molecule has 0 amide bonds. The molecular formula is C6H14O4S. The molecule has 0 aromatic heterocycles. The second kappa shape index (κ2) is 5.51. The SMILES string of the molecule is CCCS(=O)(=O)OCCCO. The Morgan fingerprint density at radius 3 is 2.55 bits per heavy atom. The van der Waals surface area contributed by atoms with Crippen molar-refractivity contribution in [3.8, 4) is 0 Å². The minimum absolute atomic E-state index is 0.0400. The molecule has 0 bridgehead atoms. The number of hydrogen-bond acceptors (Lipinski definition) is 4. The van der Waals surface area contributed by atoms with Gasteiger partial charge in [0.05, 0.1) is 12.4 Å². The highest BCUT2D eigenvalue weighted by Crippen LogP contribution is 1.96. The molecule has 0 fully saturated rings. The van der Waals surface area contributed by atoms with E-state index in [-0.39, 0.29) is 19.0 Å². The molecule has 0 heterocycles. The third-order valence-electron chi connectivity index (χ3n) is 1.02. The molecule has 0 rings (SSSR count). The van der Waals surface area contributed by atoms with E-state index in [4.69, 9.17) is 5.11 Å². The van der Waals surface area contributed by atoms with E-state index in [1.54, 1.807) is 6.92 Å². The van der Waals surface area contributed by atoms with Crippen molar-refractivity contribution in [1.29, 1.82) is 0 Å². The Hall–Kier alpha value is -0.130. The van der Waals surface area contributed by atoms with Gasteiger partial charge in [0.15, 0.2) is 0 Å². The molecule has 0 atom stereocenters. The summed E-state index contributed by atoms with van der Waals surface area (Å²) in [6, 6.07) is 0. The van der Waals surface area contributed by atoms with Crippen molar-refractivity contribution >= 4 is 10.1 Å². The summed E-state index contributed by atoms with van der Waals surface area (Å²) in [5.74, 6) is 0.0540. The fourth-order valence-electron chi connectivity index (χ4n) is 0.559. The molecule has 0 unspecified atom stereocenters. The first kappa shape index (κ1) is 10.9. The number of hydrogen-bond donors (Lipinski definition) is 1. The summed E-state index contributed by atoms with van der Waals surface area (Å²) in [5, 5.41) is 8.32. The molecule has 0 radical (unpaired) electrons. The van der Waals surface area contributed by atoms with Crippen molar-refractivity contribution in [2.75, 3.05) is 19.0 Å². The summed E-state index contributed by atoms with van der Waals surface area (Å²) >= 11 is 0. The minimum atomic E-state index is -3.31. The number of rotatable bonds is 6. The maximum Gasteiger partial charge on any atom is 0.267 e. The molecule has 0 spiro atoms. The Labute approximate surface area is 67.3 Å². The van der Waals surface area contributed by atoms with Crippen LogP contribution >= 0.6 is 0 Å². The van der Waals surface area contributed by atoms with Crippen molar-refractivity contribution in [2.24, 2.45) is 0 Å². The van der Waals surface area contributed by atoms with Gasteiger partial charge in [0.2, 0.25) is 0 Å². The van der Waals surface area contributed by atoms with E-state index in [2.05, 4.69) is 4.18 Å². The predicted octanol–water partition coefficient (Wildman–Crippen LogP) is 0.125. The zero-order chi connectivity index (χ0) is 8.74. The monoisotopic (exact) mass is 182 g/mol. The maximum atomic E-state index is 10.8. The molecule has 0 aliphatic rings. The van der Waals surface area contributed by atoms with Crippen molar-refractivity contribution in [2.45, 2.75) is 19.8 Å². The van der Waals surface area contributed by atoms with Crippen LogP contribution in [0.2, 0.25) is 0 Å². The largest absolute Gasteiger partial charge is 0.396 e. The standard InChI is InChI=1S/C6H14O4S/c1-2-6-11(8,9)10-5-3-4-7/h7H,2-6H2,1H3. The quantitative estimate of drug-likeness (QED) is 0.468. The van der Waals surface area contributed by atoms with Crippen LogP contribution in [0.1, 0.15) is 19.8 Å². The predicted molar refractivity (Wildman–Crippen MR) is 41.7 cm³/mol. The Bertz CT molecular complexity index is 173. The smallest absolute Gasteiger partial charge is 0.267 e. The van der Waals surface area contributed by atoms with Gasteiger partial charge in [0.1, 0.15) is 0 Å². The third-order valence-corrected chi connectivity index (χ3v) is 2.45. The molecule has 11 heavy (non-hydrogen) atoms. The summed E-state index contributed by atoms with van der Waals surface area (Å²) in [6.07, 6.45) is 0.921. The fourth-order valence-corrected chi connectivity index (χ4v) is 1.55. The van der Waals surface area contributed by atoms with Crippen LogP contribution in [0.15, 0.2) is 0 Å².